The monoisotopic (exact) mass is 386 g/mol. The van der Waals surface area contributed by atoms with Gasteiger partial charge in [0.1, 0.15) is 0 Å². The van der Waals surface area contributed by atoms with Gasteiger partial charge >= 0.3 is 0 Å². The van der Waals surface area contributed by atoms with Crippen molar-refractivity contribution in [3.05, 3.63) is 42.5 Å². The first-order valence-electron chi connectivity index (χ1n) is 10.6. The molecule has 1 saturated carbocycles. The summed E-state index contributed by atoms with van der Waals surface area (Å²) >= 11 is 0. The van der Waals surface area contributed by atoms with Crippen LogP contribution >= 0.6 is 0 Å². The minimum Gasteiger partial charge on any atom is -0.315 e. The Bertz CT molecular complexity index is 712. The third-order valence-corrected chi connectivity index (χ3v) is 6.95. The van der Waals surface area contributed by atoms with Gasteiger partial charge in [-0.25, -0.2) is 0 Å². The lowest BCUT2D eigenvalue weighted by Crippen LogP contribution is -2.36. The number of unbranched alkanes of at least 4 members (excludes halogenated alkanes) is 2. The van der Waals surface area contributed by atoms with Crippen LogP contribution in [-0.4, -0.2) is 35.6 Å². The molecule has 1 aliphatic rings. The first-order chi connectivity index (χ1) is 13.3. The number of hydrogen-bond acceptors (Lipinski definition) is 3. The molecule has 0 radical (unpaired) electrons. The molecule has 1 aliphatic carbocycles. The van der Waals surface area contributed by atoms with Crippen molar-refractivity contribution in [1.29, 1.82) is 0 Å². The van der Waals surface area contributed by atoms with Gasteiger partial charge in [0.2, 0.25) is 0 Å². The van der Waals surface area contributed by atoms with E-state index in [2.05, 4.69) is 34.9 Å². The van der Waals surface area contributed by atoms with Crippen molar-refractivity contribution in [3.63, 3.8) is 0 Å². The molecule has 0 aromatic heterocycles. The van der Waals surface area contributed by atoms with E-state index >= 15 is 0 Å². The molecule has 0 amide bonds. The third-order valence-electron chi connectivity index (χ3n) is 5.51. The van der Waals surface area contributed by atoms with Crippen LogP contribution < -0.4 is 10.6 Å². The second-order valence-electron chi connectivity index (χ2n) is 7.66. The zero-order chi connectivity index (χ0) is 18.7. The molecule has 3 rings (SSSR count). The Labute approximate surface area is 166 Å². The lowest BCUT2D eigenvalue weighted by Gasteiger charge is -2.22. The van der Waals surface area contributed by atoms with Crippen molar-refractivity contribution in [1.82, 2.24) is 10.6 Å². The van der Waals surface area contributed by atoms with Gasteiger partial charge in [0, 0.05) is 29.8 Å². The predicted octanol–water partition coefficient (Wildman–Crippen LogP) is 4.63. The van der Waals surface area contributed by atoms with Crippen LogP contribution in [-0.2, 0) is 10.8 Å². The summed E-state index contributed by atoms with van der Waals surface area (Å²) in [6.07, 6.45) is 10.3. The van der Waals surface area contributed by atoms with Crippen LogP contribution in [0.4, 0.5) is 0 Å². The lowest BCUT2D eigenvalue weighted by atomic mass is 9.95. The highest BCUT2D eigenvalue weighted by Gasteiger charge is 2.11. The van der Waals surface area contributed by atoms with Crippen molar-refractivity contribution in [2.45, 2.75) is 62.3 Å². The van der Waals surface area contributed by atoms with Gasteiger partial charge in [-0.05, 0) is 55.1 Å². The zero-order valence-corrected chi connectivity index (χ0v) is 17.2. The normalized spacial score (nSPS) is 16.6. The first kappa shape index (κ1) is 20.5. The van der Waals surface area contributed by atoms with Crippen LogP contribution in [0.15, 0.2) is 47.4 Å². The van der Waals surface area contributed by atoms with Gasteiger partial charge in [-0.3, -0.25) is 4.21 Å². The van der Waals surface area contributed by atoms with Gasteiger partial charge < -0.3 is 10.6 Å². The summed E-state index contributed by atoms with van der Waals surface area (Å²) in [5.41, 5.74) is 0. The van der Waals surface area contributed by atoms with Crippen molar-refractivity contribution >= 4 is 21.6 Å². The highest BCUT2D eigenvalue weighted by atomic mass is 32.2. The summed E-state index contributed by atoms with van der Waals surface area (Å²) in [4.78, 5) is 0.959. The average Bonchev–Trinajstić information content (AvgIpc) is 2.72. The lowest BCUT2D eigenvalue weighted by molar-refractivity contribution is 0.372. The molecule has 0 saturated heterocycles. The quantitative estimate of drug-likeness (QED) is 0.553. The Morgan fingerprint density at radius 2 is 1.67 bits per heavy atom. The van der Waals surface area contributed by atoms with E-state index in [0.29, 0.717) is 0 Å². The molecule has 1 fully saturated rings. The van der Waals surface area contributed by atoms with Gasteiger partial charge in [-0.2, -0.15) is 0 Å². The van der Waals surface area contributed by atoms with Gasteiger partial charge in [-0.1, -0.05) is 56.0 Å². The van der Waals surface area contributed by atoms with Crippen molar-refractivity contribution < 1.29 is 4.21 Å². The van der Waals surface area contributed by atoms with Gasteiger partial charge in [0.15, 0.2) is 0 Å². The maximum absolute atomic E-state index is 12.5. The van der Waals surface area contributed by atoms with Crippen molar-refractivity contribution in [2.24, 2.45) is 0 Å². The second kappa shape index (κ2) is 11.6. The topological polar surface area (TPSA) is 41.1 Å². The predicted molar refractivity (Wildman–Crippen MR) is 117 cm³/mol. The number of hydrogen-bond donors (Lipinski definition) is 2. The summed E-state index contributed by atoms with van der Waals surface area (Å²) in [7, 11) is -0.883. The molecule has 3 nitrogen and oxygen atoms in total. The molecule has 0 heterocycles. The molecule has 0 spiro atoms. The number of rotatable bonds is 11. The molecule has 27 heavy (non-hydrogen) atoms. The van der Waals surface area contributed by atoms with E-state index < -0.39 is 10.8 Å². The molecular formula is C23H34N2OS. The van der Waals surface area contributed by atoms with E-state index in [1.165, 1.54) is 49.3 Å². The van der Waals surface area contributed by atoms with Gasteiger partial charge in [-0.15, -0.1) is 0 Å². The first-order valence-corrected chi connectivity index (χ1v) is 12.0. The smallest absolute Gasteiger partial charge is 0.0529 e. The molecule has 2 aromatic carbocycles. The Balaban J connectivity index is 1.22. The van der Waals surface area contributed by atoms with E-state index in [0.717, 1.165) is 49.2 Å². The largest absolute Gasteiger partial charge is 0.315 e. The van der Waals surface area contributed by atoms with Crippen molar-refractivity contribution in [3.8, 4) is 0 Å². The van der Waals surface area contributed by atoms with E-state index in [1.807, 2.05) is 18.2 Å². The molecule has 2 N–H and O–H groups in total. The minimum absolute atomic E-state index is 0.755. The Hall–Kier alpha value is -1.23. The maximum Gasteiger partial charge on any atom is 0.0529 e. The molecule has 2 aromatic rings. The van der Waals surface area contributed by atoms with Crippen molar-refractivity contribution in [2.75, 3.05) is 25.4 Å². The van der Waals surface area contributed by atoms with Crippen LogP contribution in [0.1, 0.15) is 51.4 Å². The molecule has 148 valence electrons. The minimum atomic E-state index is -0.883. The van der Waals surface area contributed by atoms with E-state index in [4.69, 9.17) is 0 Å². The fourth-order valence-corrected chi connectivity index (χ4v) is 5.06. The number of nitrogens with one attached hydrogen (secondary N) is 2. The SMILES string of the molecule is O=S(CCCCCNCCNC1CCCCC1)c1ccc2ccccc2c1. The Morgan fingerprint density at radius 3 is 2.52 bits per heavy atom. The fourth-order valence-electron chi connectivity index (χ4n) is 3.88. The zero-order valence-electron chi connectivity index (χ0n) is 16.4. The van der Waals surface area contributed by atoms with Crippen LogP contribution in [0, 0.1) is 0 Å². The molecule has 0 bridgehead atoms. The summed E-state index contributed by atoms with van der Waals surface area (Å²) in [5, 5.41) is 9.58. The standard InChI is InChI=1S/C23H34N2OS/c26-27(23-14-13-20-9-5-6-10-21(20)19-23)18-8-2-7-15-24-16-17-25-22-11-3-1-4-12-22/h5-6,9-10,13-14,19,22,24-25H,1-4,7-8,11-12,15-18H2. The highest BCUT2D eigenvalue weighted by molar-refractivity contribution is 7.85. The van der Waals surface area contributed by atoms with Crippen LogP contribution in [0.2, 0.25) is 0 Å². The Morgan fingerprint density at radius 1 is 0.852 bits per heavy atom. The summed E-state index contributed by atoms with van der Waals surface area (Å²) in [6.45, 7) is 3.20. The Kier molecular flexibility index (Phi) is 8.79. The molecular weight excluding hydrogens is 352 g/mol. The van der Waals surface area contributed by atoms with Crippen LogP contribution in [0.25, 0.3) is 10.8 Å². The van der Waals surface area contributed by atoms with Gasteiger partial charge in [0.25, 0.3) is 0 Å². The number of fused-ring (bicyclic) bond motifs is 1. The molecule has 1 unspecified atom stereocenters. The average molecular weight is 387 g/mol. The molecule has 0 aliphatic heterocycles. The van der Waals surface area contributed by atoms with Gasteiger partial charge in [0.05, 0.1) is 10.8 Å². The molecule has 4 heteroatoms. The van der Waals surface area contributed by atoms with E-state index in [1.54, 1.807) is 0 Å². The second-order valence-corrected chi connectivity index (χ2v) is 9.23. The van der Waals surface area contributed by atoms with E-state index in [9.17, 15) is 4.21 Å². The highest BCUT2D eigenvalue weighted by Crippen LogP contribution is 2.19. The maximum atomic E-state index is 12.5. The molecule has 1 atom stereocenters. The number of benzene rings is 2. The summed E-state index contributed by atoms with van der Waals surface area (Å²) in [5.74, 6) is 0.765. The summed E-state index contributed by atoms with van der Waals surface area (Å²) < 4.78 is 12.5. The van der Waals surface area contributed by atoms with Crippen LogP contribution in [0.3, 0.4) is 0 Å². The third kappa shape index (κ3) is 7.02. The van der Waals surface area contributed by atoms with Crippen LogP contribution in [0.5, 0.6) is 0 Å². The van der Waals surface area contributed by atoms with E-state index in [-0.39, 0.29) is 0 Å². The summed E-state index contributed by atoms with van der Waals surface area (Å²) in [6, 6.07) is 15.2. The fraction of sp³-hybridized carbons (Fsp3) is 0.565.